The normalized spacial score (nSPS) is 11.9. The first-order valence-corrected chi connectivity index (χ1v) is 10.9. The second-order valence-corrected chi connectivity index (χ2v) is 8.30. The summed E-state index contributed by atoms with van der Waals surface area (Å²) in [5, 5.41) is 5.95. The van der Waals surface area contributed by atoms with E-state index in [4.69, 9.17) is 9.47 Å². The van der Waals surface area contributed by atoms with Gasteiger partial charge in [-0.2, -0.15) is 0 Å². The number of fused-ring (bicyclic) bond motifs is 1. The Balaban J connectivity index is 1.87. The van der Waals surface area contributed by atoms with Crippen LogP contribution in [-0.2, 0) is 16.1 Å². The van der Waals surface area contributed by atoms with Crippen LogP contribution in [0.1, 0.15) is 46.5 Å². The van der Waals surface area contributed by atoms with Crippen molar-refractivity contribution in [3.63, 3.8) is 0 Å². The van der Waals surface area contributed by atoms with Gasteiger partial charge in [-0.1, -0.05) is 26.7 Å². The van der Waals surface area contributed by atoms with Crippen molar-refractivity contribution in [2.24, 2.45) is 5.92 Å². The number of amides is 2. The number of carbonyl (C=O) groups excluding carboxylic acids is 2. The van der Waals surface area contributed by atoms with E-state index in [-0.39, 0.29) is 42.9 Å². The molecular weight excluding hydrogens is 412 g/mol. The second-order valence-electron chi connectivity index (χ2n) is 8.30. The topological polar surface area (TPSA) is 112 Å². The smallest absolute Gasteiger partial charge is 0.261 e. The minimum Gasteiger partial charge on any atom is -0.493 e. The van der Waals surface area contributed by atoms with Gasteiger partial charge < -0.3 is 20.1 Å². The Morgan fingerprint density at radius 1 is 1.06 bits per heavy atom. The molecule has 9 heteroatoms. The van der Waals surface area contributed by atoms with Crippen LogP contribution in [0.4, 0.5) is 0 Å². The van der Waals surface area contributed by atoms with Crippen molar-refractivity contribution in [1.29, 1.82) is 0 Å². The van der Waals surface area contributed by atoms with Gasteiger partial charge in [0.15, 0.2) is 11.5 Å². The molecule has 1 aromatic carbocycles. The minimum absolute atomic E-state index is 0.104. The number of hydrogen-bond acceptors (Lipinski definition) is 6. The minimum atomic E-state index is -0.369. The van der Waals surface area contributed by atoms with E-state index in [0.29, 0.717) is 28.3 Å². The Morgan fingerprint density at radius 3 is 2.41 bits per heavy atom. The number of benzene rings is 1. The average molecular weight is 447 g/mol. The van der Waals surface area contributed by atoms with Gasteiger partial charge in [-0.05, 0) is 25.3 Å². The van der Waals surface area contributed by atoms with Crippen LogP contribution in [0.25, 0.3) is 10.9 Å². The van der Waals surface area contributed by atoms with Gasteiger partial charge in [0.1, 0.15) is 6.54 Å². The van der Waals surface area contributed by atoms with Crippen LogP contribution in [0.3, 0.4) is 0 Å². The predicted molar refractivity (Wildman–Crippen MR) is 123 cm³/mol. The maximum atomic E-state index is 12.7. The predicted octanol–water partition coefficient (Wildman–Crippen LogP) is 2.25. The molecule has 2 rings (SSSR count). The lowest BCUT2D eigenvalue weighted by molar-refractivity contribution is -0.123. The molecule has 0 fully saturated rings. The maximum absolute atomic E-state index is 12.7. The van der Waals surface area contributed by atoms with Gasteiger partial charge in [-0.25, -0.2) is 4.98 Å². The third-order valence-electron chi connectivity index (χ3n) is 5.14. The summed E-state index contributed by atoms with van der Waals surface area (Å²) in [4.78, 5) is 41.3. The molecule has 2 N–H and O–H groups in total. The van der Waals surface area contributed by atoms with E-state index >= 15 is 0 Å². The lowest BCUT2D eigenvalue weighted by Crippen LogP contribution is -2.37. The number of methoxy groups -OCH3 is 2. The van der Waals surface area contributed by atoms with Crippen molar-refractivity contribution in [2.75, 3.05) is 20.8 Å². The third-order valence-corrected chi connectivity index (χ3v) is 5.14. The Bertz CT molecular complexity index is 986. The largest absolute Gasteiger partial charge is 0.493 e. The van der Waals surface area contributed by atoms with E-state index in [1.807, 2.05) is 6.92 Å². The summed E-state index contributed by atoms with van der Waals surface area (Å²) in [6.07, 6.45) is 4.65. The molecule has 0 bridgehead atoms. The molecule has 0 aliphatic heterocycles. The van der Waals surface area contributed by atoms with Gasteiger partial charge in [-0.3, -0.25) is 19.0 Å². The average Bonchev–Trinajstić information content (AvgIpc) is 2.74. The van der Waals surface area contributed by atoms with E-state index in [2.05, 4.69) is 29.5 Å². The molecule has 0 radical (unpaired) electrons. The number of rotatable bonds is 12. The van der Waals surface area contributed by atoms with E-state index < -0.39 is 0 Å². The highest BCUT2D eigenvalue weighted by molar-refractivity contribution is 5.82. The van der Waals surface area contributed by atoms with Crippen molar-refractivity contribution in [3.8, 4) is 11.5 Å². The van der Waals surface area contributed by atoms with Crippen LogP contribution < -0.4 is 25.7 Å². The van der Waals surface area contributed by atoms with Gasteiger partial charge in [0.05, 0.1) is 31.4 Å². The van der Waals surface area contributed by atoms with Crippen LogP contribution in [0.5, 0.6) is 11.5 Å². The zero-order valence-corrected chi connectivity index (χ0v) is 19.6. The van der Waals surface area contributed by atoms with Gasteiger partial charge in [0, 0.05) is 25.1 Å². The Labute approximate surface area is 188 Å². The van der Waals surface area contributed by atoms with E-state index in [9.17, 15) is 14.4 Å². The molecule has 1 heterocycles. The monoisotopic (exact) mass is 446 g/mol. The number of nitrogens with one attached hydrogen (secondary N) is 2. The molecule has 32 heavy (non-hydrogen) atoms. The molecule has 2 amide bonds. The van der Waals surface area contributed by atoms with Crippen LogP contribution in [0, 0.1) is 5.92 Å². The molecule has 0 saturated heterocycles. The first-order chi connectivity index (χ1) is 15.2. The molecular formula is C23H34N4O5. The zero-order valence-electron chi connectivity index (χ0n) is 19.6. The third kappa shape index (κ3) is 7.25. The van der Waals surface area contributed by atoms with Crippen molar-refractivity contribution in [3.05, 3.63) is 28.8 Å². The van der Waals surface area contributed by atoms with Crippen molar-refractivity contribution in [1.82, 2.24) is 20.2 Å². The van der Waals surface area contributed by atoms with Gasteiger partial charge in [-0.15, -0.1) is 0 Å². The number of hydrogen-bond donors (Lipinski definition) is 2. The lowest BCUT2D eigenvalue weighted by atomic mass is 10.0. The molecule has 1 aromatic heterocycles. The first-order valence-electron chi connectivity index (χ1n) is 10.9. The molecule has 176 valence electrons. The molecule has 0 aliphatic carbocycles. The first kappa shape index (κ1) is 25.2. The quantitative estimate of drug-likeness (QED) is 0.517. The summed E-state index contributed by atoms with van der Waals surface area (Å²) >= 11 is 0. The zero-order chi connectivity index (χ0) is 23.7. The van der Waals surface area contributed by atoms with Crippen LogP contribution in [0.15, 0.2) is 23.3 Å². The highest BCUT2D eigenvalue weighted by Gasteiger charge is 2.13. The summed E-state index contributed by atoms with van der Waals surface area (Å²) in [5.74, 6) is 1.06. The summed E-state index contributed by atoms with van der Waals surface area (Å²) in [6.45, 7) is 6.36. The Kier molecular flexibility index (Phi) is 9.49. The van der Waals surface area contributed by atoms with Crippen LogP contribution in [-0.4, -0.2) is 48.2 Å². The summed E-state index contributed by atoms with van der Waals surface area (Å²) < 4.78 is 11.7. The molecule has 2 aromatic rings. The number of nitrogens with zero attached hydrogens (tertiary/aromatic N) is 2. The fraction of sp³-hybridized carbons (Fsp3) is 0.565. The van der Waals surface area contributed by atoms with Crippen LogP contribution in [0.2, 0.25) is 0 Å². The standard InChI is InChI=1S/C23H34N4O5/c1-15(2)7-6-8-16(3)26-21(28)9-10-24-22(29)13-27-14-25-18-12-20(32-5)19(31-4)11-17(18)23(27)30/h11-12,14-16H,6-10,13H2,1-5H3,(H,24,29)(H,26,28)/t16-/m0/s1. The molecule has 0 aliphatic rings. The fourth-order valence-electron chi connectivity index (χ4n) is 3.38. The SMILES string of the molecule is COc1cc2ncn(CC(=O)NCCC(=O)N[C@@H](C)CCCC(C)C)c(=O)c2cc1OC. The second kappa shape index (κ2) is 12.1. The lowest BCUT2D eigenvalue weighted by Gasteiger charge is -2.15. The molecule has 9 nitrogen and oxygen atoms in total. The van der Waals surface area contributed by atoms with E-state index in [0.717, 1.165) is 19.3 Å². The molecule has 1 atom stereocenters. The highest BCUT2D eigenvalue weighted by Crippen LogP contribution is 2.29. The van der Waals surface area contributed by atoms with Gasteiger partial charge >= 0.3 is 0 Å². The molecule has 0 saturated carbocycles. The Hall–Kier alpha value is -3.10. The van der Waals surface area contributed by atoms with Crippen molar-refractivity contribution < 1.29 is 19.1 Å². The van der Waals surface area contributed by atoms with Crippen molar-refractivity contribution >= 4 is 22.7 Å². The Morgan fingerprint density at radius 2 is 1.75 bits per heavy atom. The highest BCUT2D eigenvalue weighted by atomic mass is 16.5. The summed E-state index contributed by atoms with van der Waals surface area (Å²) in [5.41, 5.74) is 0.0857. The van der Waals surface area contributed by atoms with Crippen molar-refractivity contribution in [2.45, 2.75) is 59.0 Å². The number of ether oxygens (including phenoxy) is 2. The van der Waals surface area contributed by atoms with Crippen LogP contribution >= 0.6 is 0 Å². The number of aromatic nitrogens is 2. The molecule has 0 spiro atoms. The van der Waals surface area contributed by atoms with E-state index in [1.165, 1.54) is 25.1 Å². The fourth-order valence-corrected chi connectivity index (χ4v) is 3.38. The maximum Gasteiger partial charge on any atom is 0.261 e. The van der Waals surface area contributed by atoms with E-state index in [1.54, 1.807) is 12.1 Å². The summed E-state index contributed by atoms with van der Waals surface area (Å²) in [7, 11) is 2.98. The number of carbonyl (C=O) groups is 2. The summed E-state index contributed by atoms with van der Waals surface area (Å²) in [6, 6.07) is 3.27. The van der Waals surface area contributed by atoms with Gasteiger partial charge in [0.25, 0.3) is 5.56 Å². The molecule has 0 unspecified atom stereocenters. The van der Waals surface area contributed by atoms with Gasteiger partial charge in [0.2, 0.25) is 11.8 Å².